The number of hydrogen-bond donors (Lipinski definition) is 2. The van der Waals surface area contributed by atoms with Gasteiger partial charge in [0.1, 0.15) is 0 Å². The van der Waals surface area contributed by atoms with Crippen LogP contribution >= 0.6 is 23.1 Å². The van der Waals surface area contributed by atoms with Gasteiger partial charge in [-0.1, -0.05) is 30.0 Å². The number of nitrogens with one attached hydrogen (secondary N) is 2. The number of carbonyl (C=O) groups excluding carboxylic acids is 1. The maximum atomic E-state index is 11.0. The largest absolute Gasteiger partial charge is 0.335 e. The van der Waals surface area contributed by atoms with E-state index in [0.29, 0.717) is 5.13 Å². The lowest BCUT2D eigenvalue weighted by Gasteiger charge is -2.04. The van der Waals surface area contributed by atoms with Crippen LogP contribution in [-0.2, 0) is 4.79 Å². The standard InChI is InChI=1S/C16H16N4OS2/c1-11(21)18-16-20-14(10-23-16)7-4-12-2-5-13(6-3-12)19-15-17-8-9-22-15/h2-7,10H,8-9H2,1H3,(H,17,19)(H,18,20,21)/b7-4+. The van der Waals surface area contributed by atoms with Gasteiger partial charge < -0.3 is 10.6 Å². The van der Waals surface area contributed by atoms with Gasteiger partial charge in [0.05, 0.1) is 12.2 Å². The molecule has 0 saturated carbocycles. The van der Waals surface area contributed by atoms with Crippen LogP contribution in [0.2, 0.25) is 0 Å². The lowest BCUT2D eigenvalue weighted by Crippen LogP contribution is -2.04. The van der Waals surface area contributed by atoms with Crippen LogP contribution in [0.1, 0.15) is 18.2 Å². The monoisotopic (exact) mass is 344 g/mol. The van der Waals surface area contributed by atoms with Crippen molar-refractivity contribution < 1.29 is 4.79 Å². The number of carbonyl (C=O) groups is 1. The van der Waals surface area contributed by atoms with Crippen molar-refractivity contribution in [2.24, 2.45) is 4.99 Å². The van der Waals surface area contributed by atoms with Crippen LogP contribution < -0.4 is 10.6 Å². The molecule has 1 amide bonds. The van der Waals surface area contributed by atoms with Gasteiger partial charge in [-0.2, -0.15) is 0 Å². The third kappa shape index (κ3) is 4.67. The first-order valence-electron chi connectivity index (χ1n) is 7.14. The third-order valence-electron chi connectivity index (χ3n) is 3.00. The summed E-state index contributed by atoms with van der Waals surface area (Å²) in [5.74, 6) is 0.945. The Morgan fingerprint density at radius 2 is 2.09 bits per heavy atom. The van der Waals surface area contributed by atoms with Crippen LogP contribution in [0.5, 0.6) is 0 Å². The molecule has 2 aromatic rings. The average molecular weight is 344 g/mol. The van der Waals surface area contributed by atoms with E-state index in [9.17, 15) is 4.79 Å². The van der Waals surface area contributed by atoms with Crippen molar-refractivity contribution in [3.8, 4) is 0 Å². The quantitative estimate of drug-likeness (QED) is 0.886. The molecule has 1 aromatic carbocycles. The summed E-state index contributed by atoms with van der Waals surface area (Å²) in [6, 6.07) is 8.15. The Hall–Kier alpha value is -2.12. The van der Waals surface area contributed by atoms with Crippen LogP contribution in [0.4, 0.5) is 10.8 Å². The van der Waals surface area contributed by atoms with Gasteiger partial charge >= 0.3 is 0 Å². The Labute approximate surface area is 142 Å². The number of rotatable bonds is 4. The molecule has 1 aliphatic heterocycles. The molecule has 0 saturated heterocycles. The van der Waals surface area contributed by atoms with Crippen LogP contribution in [-0.4, -0.2) is 28.4 Å². The zero-order valence-corrected chi connectivity index (χ0v) is 14.2. The summed E-state index contributed by atoms with van der Waals surface area (Å²) in [4.78, 5) is 19.7. The van der Waals surface area contributed by atoms with Crippen molar-refractivity contribution in [1.82, 2.24) is 4.98 Å². The molecule has 1 aromatic heterocycles. The number of benzene rings is 1. The number of anilines is 2. The van der Waals surface area contributed by atoms with Gasteiger partial charge in [-0.15, -0.1) is 11.3 Å². The average Bonchev–Trinajstić information content (AvgIpc) is 3.18. The number of aromatic nitrogens is 1. The summed E-state index contributed by atoms with van der Waals surface area (Å²) in [5, 5.41) is 9.49. The van der Waals surface area contributed by atoms with E-state index in [2.05, 4.69) is 20.6 Å². The predicted octanol–water partition coefficient (Wildman–Crippen LogP) is 3.79. The molecule has 0 bridgehead atoms. The van der Waals surface area contributed by atoms with Crippen molar-refractivity contribution in [2.45, 2.75) is 6.92 Å². The summed E-state index contributed by atoms with van der Waals surface area (Å²) < 4.78 is 0. The van der Waals surface area contributed by atoms with Crippen molar-refractivity contribution in [3.63, 3.8) is 0 Å². The number of thioether (sulfide) groups is 1. The second kappa shape index (κ2) is 7.43. The fourth-order valence-electron chi connectivity index (χ4n) is 1.96. The first-order chi connectivity index (χ1) is 11.2. The van der Waals surface area contributed by atoms with Crippen LogP contribution in [0.15, 0.2) is 34.6 Å². The second-order valence-corrected chi connectivity index (χ2v) is 6.82. The molecule has 0 fully saturated rings. The molecular weight excluding hydrogens is 328 g/mol. The lowest BCUT2D eigenvalue weighted by molar-refractivity contribution is -0.114. The number of hydrogen-bond acceptors (Lipinski definition) is 6. The van der Waals surface area contributed by atoms with Gasteiger partial charge in [0, 0.05) is 23.7 Å². The maximum absolute atomic E-state index is 11.0. The minimum Gasteiger partial charge on any atom is -0.335 e. The zero-order valence-electron chi connectivity index (χ0n) is 12.6. The lowest BCUT2D eigenvalue weighted by atomic mass is 10.2. The first-order valence-corrected chi connectivity index (χ1v) is 9.01. The number of amides is 1. The van der Waals surface area contributed by atoms with Crippen LogP contribution in [0, 0.1) is 0 Å². The normalized spacial score (nSPS) is 14.0. The molecule has 2 N–H and O–H groups in total. The molecule has 5 nitrogen and oxygen atoms in total. The number of aliphatic imine (C=N–C) groups is 1. The first kappa shape index (κ1) is 15.8. The Balaban J connectivity index is 1.61. The fourth-order valence-corrected chi connectivity index (χ4v) is 3.44. The van der Waals surface area contributed by atoms with E-state index in [0.717, 1.165) is 34.4 Å². The van der Waals surface area contributed by atoms with Crippen molar-refractivity contribution in [2.75, 3.05) is 22.9 Å². The van der Waals surface area contributed by atoms with Gasteiger partial charge in [0.15, 0.2) is 10.3 Å². The van der Waals surface area contributed by atoms with E-state index in [1.54, 1.807) is 11.8 Å². The number of nitrogens with zero attached hydrogens (tertiary/aromatic N) is 2. The topological polar surface area (TPSA) is 66.4 Å². The molecule has 1 aliphatic rings. The number of thiazole rings is 1. The van der Waals surface area contributed by atoms with E-state index in [1.165, 1.54) is 18.3 Å². The molecule has 118 valence electrons. The Bertz CT molecular complexity index is 750. The molecule has 3 rings (SSSR count). The third-order valence-corrected chi connectivity index (χ3v) is 4.67. The van der Waals surface area contributed by atoms with Gasteiger partial charge in [0.25, 0.3) is 0 Å². The molecular formula is C16H16N4OS2. The molecule has 0 aliphatic carbocycles. The summed E-state index contributed by atoms with van der Waals surface area (Å²) in [7, 11) is 0. The van der Waals surface area contributed by atoms with E-state index >= 15 is 0 Å². The highest BCUT2D eigenvalue weighted by Crippen LogP contribution is 2.19. The van der Waals surface area contributed by atoms with Crippen molar-refractivity contribution >= 4 is 57.1 Å². The Morgan fingerprint density at radius 3 is 2.78 bits per heavy atom. The van der Waals surface area contributed by atoms with Crippen LogP contribution in [0.3, 0.4) is 0 Å². The summed E-state index contributed by atoms with van der Waals surface area (Å²) in [6.45, 7) is 2.37. The smallest absolute Gasteiger partial charge is 0.223 e. The molecule has 0 atom stereocenters. The van der Waals surface area contributed by atoms with Gasteiger partial charge in [-0.05, 0) is 23.8 Å². The van der Waals surface area contributed by atoms with E-state index in [4.69, 9.17) is 0 Å². The van der Waals surface area contributed by atoms with Gasteiger partial charge in [0.2, 0.25) is 5.91 Å². The Morgan fingerprint density at radius 1 is 1.26 bits per heavy atom. The van der Waals surface area contributed by atoms with E-state index < -0.39 is 0 Å². The van der Waals surface area contributed by atoms with Crippen molar-refractivity contribution in [1.29, 1.82) is 0 Å². The predicted molar refractivity (Wildman–Crippen MR) is 100 cm³/mol. The molecule has 0 spiro atoms. The second-order valence-electron chi connectivity index (χ2n) is 4.87. The highest BCUT2D eigenvalue weighted by Gasteiger charge is 2.06. The minimum absolute atomic E-state index is 0.108. The van der Waals surface area contributed by atoms with Gasteiger partial charge in [-0.25, -0.2) is 4.98 Å². The minimum atomic E-state index is -0.108. The van der Waals surface area contributed by atoms with Crippen molar-refractivity contribution in [3.05, 3.63) is 40.9 Å². The van der Waals surface area contributed by atoms with Gasteiger partial charge in [-0.3, -0.25) is 9.79 Å². The highest BCUT2D eigenvalue weighted by atomic mass is 32.2. The van der Waals surface area contributed by atoms with E-state index in [1.807, 2.05) is 41.8 Å². The number of amidine groups is 1. The molecule has 0 radical (unpaired) electrons. The van der Waals surface area contributed by atoms with E-state index in [-0.39, 0.29) is 5.91 Å². The summed E-state index contributed by atoms with van der Waals surface area (Å²) >= 11 is 3.16. The van der Waals surface area contributed by atoms with Crippen LogP contribution in [0.25, 0.3) is 12.2 Å². The summed E-state index contributed by atoms with van der Waals surface area (Å²) in [6.07, 6.45) is 3.93. The molecule has 2 heterocycles. The maximum Gasteiger partial charge on any atom is 0.223 e. The Kier molecular flexibility index (Phi) is 5.09. The fraction of sp³-hybridized carbons (Fsp3) is 0.188. The summed E-state index contributed by atoms with van der Waals surface area (Å²) in [5.41, 5.74) is 2.96. The zero-order chi connectivity index (χ0) is 16.1. The molecule has 0 unspecified atom stereocenters. The molecule has 7 heteroatoms. The molecule has 23 heavy (non-hydrogen) atoms. The SMILES string of the molecule is CC(=O)Nc1nc(/C=C/c2ccc(NC3=NCCS3)cc2)cs1. The highest BCUT2D eigenvalue weighted by molar-refractivity contribution is 8.14.